The van der Waals surface area contributed by atoms with Gasteiger partial charge in [-0.25, -0.2) is 0 Å². The highest BCUT2D eigenvalue weighted by Crippen LogP contribution is 2.04. The Kier molecular flexibility index (Phi) is 7.70. The van der Waals surface area contributed by atoms with Crippen molar-refractivity contribution in [2.24, 2.45) is 4.99 Å². The molecule has 0 bridgehead atoms. The maximum Gasteiger partial charge on any atom is 0.191 e. The van der Waals surface area contributed by atoms with Crippen LogP contribution in [0, 0.1) is 0 Å². The second-order valence-electron chi connectivity index (χ2n) is 5.84. The zero-order valence-corrected chi connectivity index (χ0v) is 14.7. The molecule has 0 amide bonds. The van der Waals surface area contributed by atoms with E-state index in [1.54, 1.807) is 11.3 Å². The fourth-order valence-corrected chi connectivity index (χ4v) is 3.30. The zero-order valence-electron chi connectivity index (χ0n) is 13.8. The lowest BCUT2D eigenvalue weighted by molar-refractivity contribution is 0.274. The maximum atomic E-state index is 4.27. The molecule has 1 aliphatic heterocycles. The average molecular weight is 324 g/mol. The van der Waals surface area contributed by atoms with Crippen molar-refractivity contribution in [3.05, 3.63) is 22.4 Å². The predicted molar refractivity (Wildman–Crippen MR) is 95.7 cm³/mol. The lowest BCUT2D eigenvalue weighted by atomic mass is 10.3. The molecule has 1 fully saturated rings. The van der Waals surface area contributed by atoms with E-state index in [0.717, 1.165) is 25.5 Å². The molecule has 0 aliphatic carbocycles. The van der Waals surface area contributed by atoms with Crippen molar-refractivity contribution in [2.75, 3.05) is 53.4 Å². The fraction of sp³-hybridized carbons (Fsp3) is 0.688. The van der Waals surface area contributed by atoms with E-state index in [1.165, 1.54) is 44.7 Å². The Labute approximate surface area is 138 Å². The Hall–Kier alpha value is -1.11. The summed E-state index contributed by atoms with van der Waals surface area (Å²) < 4.78 is 0. The average Bonchev–Trinajstić information content (AvgIpc) is 2.96. The molecule has 0 saturated carbocycles. The van der Waals surface area contributed by atoms with E-state index in [4.69, 9.17) is 0 Å². The maximum absolute atomic E-state index is 4.27. The monoisotopic (exact) mass is 323 g/mol. The number of nitrogens with one attached hydrogen (secondary N) is 2. The first-order valence-electron chi connectivity index (χ1n) is 8.14. The number of hydrogen-bond acceptors (Lipinski definition) is 4. The van der Waals surface area contributed by atoms with Crippen LogP contribution in [0.2, 0.25) is 0 Å². The number of thiophene rings is 1. The molecule has 5 nitrogen and oxygen atoms in total. The Morgan fingerprint density at radius 1 is 1.27 bits per heavy atom. The molecule has 0 aromatic carbocycles. The van der Waals surface area contributed by atoms with E-state index in [1.807, 2.05) is 7.05 Å². The number of aliphatic imine (C=N–C) groups is 1. The summed E-state index contributed by atoms with van der Waals surface area (Å²) in [6, 6.07) is 2.14. The van der Waals surface area contributed by atoms with Crippen molar-refractivity contribution in [3.63, 3.8) is 0 Å². The molecule has 0 atom stereocenters. The standard InChI is InChI=1S/C16H29N5S/c1-17-16(19-13-15-5-12-22-14-15)18-6-3-8-21-9-4-7-20(2)10-11-21/h5,12,14H,3-4,6-11,13H2,1-2H3,(H2,17,18,19). The van der Waals surface area contributed by atoms with Gasteiger partial charge in [-0.1, -0.05) is 0 Å². The van der Waals surface area contributed by atoms with Crippen LogP contribution >= 0.6 is 11.3 Å². The minimum absolute atomic E-state index is 0.835. The topological polar surface area (TPSA) is 42.9 Å². The minimum atomic E-state index is 0.835. The third-order valence-electron chi connectivity index (χ3n) is 4.02. The molecule has 2 heterocycles. The van der Waals surface area contributed by atoms with Gasteiger partial charge in [-0.2, -0.15) is 11.3 Å². The summed E-state index contributed by atoms with van der Waals surface area (Å²) >= 11 is 1.73. The molecule has 124 valence electrons. The number of nitrogens with zero attached hydrogens (tertiary/aromatic N) is 3. The van der Waals surface area contributed by atoms with Crippen LogP contribution in [0.5, 0.6) is 0 Å². The quantitative estimate of drug-likeness (QED) is 0.472. The second-order valence-corrected chi connectivity index (χ2v) is 6.62. The van der Waals surface area contributed by atoms with Crippen LogP contribution in [0.1, 0.15) is 18.4 Å². The summed E-state index contributed by atoms with van der Waals surface area (Å²) in [5.41, 5.74) is 1.31. The van der Waals surface area contributed by atoms with Crippen molar-refractivity contribution in [3.8, 4) is 0 Å². The first-order chi connectivity index (χ1) is 10.8. The van der Waals surface area contributed by atoms with Gasteiger partial charge in [0, 0.05) is 33.2 Å². The van der Waals surface area contributed by atoms with E-state index < -0.39 is 0 Å². The van der Waals surface area contributed by atoms with Gasteiger partial charge < -0.3 is 20.4 Å². The molecule has 6 heteroatoms. The van der Waals surface area contributed by atoms with Crippen molar-refractivity contribution < 1.29 is 0 Å². The van der Waals surface area contributed by atoms with Crippen LogP contribution in [-0.2, 0) is 6.54 Å². The van der Waals surface area contributed by atoms with Gasteiger partial charge in [-0.3, -0.25) is 4.99 Å². The van der Waals surface area contributed by atoms with Crippen molar-refractivity contribution in [1.82, 2.24) is 20.4 Å². The lowest BCUT2D eigenvalue weighted by Gasteiger charge is -2.20. The Balaban J connectivity index is 1.58. The molecule has 1 aromatic rings. The van der Waals surface area contributed by atoms with E-state index in [2.05, 4.69) is 49.3 Å². The van der Waals surface area contributed by atoms with Gasteiger partial charge in [-0.05, 0) is 61.9 Å². The van der Waals surface area contributed by atoms with Crippen LogP contribution in [0.4, 0.5) is 0 Å². The van der Waals surface area contributed by atoms with E-state index in [9.17, 15) is 0 Å². The number of rotatable bonds is 6. The molecule has 1 aliphatic rings. The largest absolute Gasteiger partial charge is 0.356 e. The summed E-state index contributed by atoms with van der Waals surface area (Å²) in [5, 5.41) is 11.0. The molecule has 22 heavy (non-hydrogen) atoms. The summed E-state index contributed by atoms with van der Waals surface area (Å²) in [7, 11) is 4.04. The molecular weight excluding hydrogens is 294 g/mol. The first-order valence-corrected chi connectivity index (χ1v) is 9.08. The van der Waals surface area contributed by atoms with Crippen LogP contribution in [0.15, 0.2) is 21.8 Å². The highest BCUT2D eigenvalue weighted by atomic mass is 32.1. The second kappa shape index (κ2) is 9.82. The predicted octanol–water partition coefficient (Wildman–Crippen LogP) is 1.44. The Morgan fingerprint density at radius 3 is 2.95 bits per heavy atom. The van der Waals surface area contributed by atoms with Gasteiger partial charge in [-0.15, -0.1) is 0 Å². The summed E-state index contributed by atoms with van der Waals surface area (Å²) in [5.74, 6) is 0.891. The molecular formula is C16H29N5S. The SMILES string of the molecule is CN=C(NCCCN1CCCN(C)CC1)NCc1ccsc1. The van der Waals surface area contributed by atoms with Crippen LogP contribution in [0.25, 0.3) is 0 Å². The molecule has 0 spiro atoms. The van der Waals surface area contributed by atoms with Crippen LogP contribution in [-0.4, -0.2) is 69.1 Å². The minimum Gasteiger partial charge on any atom is -0.356 e. The smallest absolute Gasteiger partial charge is 0.191 e. The summed E-state index contributed by atoms with van der Waals surface area (Å²) in [6.45, 7) is 7.82. The molecule has 2 N–H and O–H groups in total. The van der Waals surface area contributed by atoms with E-state index in [-0.39, 0.29) is 0 Å². The highest BCUT2D eigenvalue weighted by molar-refractivity contribution is 7.07. The van der Waals surface area contributed by atoms with Gasteiger partial charge >= 0.3 is 0 Å². The van der Waals surface area contributed by atoms with Gasteiger partial charge in [0.25, 0.3) is 0 Å². The summed E-state index contributed by atoms with van der Waals surface area (Å²) in [4.78, 5) is 9.28. The lowest BCUT2D eigenvalue weighted by Crippen LogP contribution is -2.38. The molecule has 0 unspecified atom stereocenters. The number of hydrogen-bond donors (Lipinski definition) is 2. The van der Waals surface area contributed by atoms with Gasteiger partial charge in [0.1, 0.15) is 0 Å². The van der Waals surface area contributed by atoms with E-state index in [0.29, 0.717) is 0 Å². The Bertz CT molecular complexity index is 432. The van der Waals surface area contributed by atoms with Crippen LogP contribution in [0.3, 0.4) is 0 Å². The Morgan fingerprint density at radius 2 is 2.18 bits per heavy atom. The van der Waals surface area contributed by atoms with Crippen LogP contribution < -0.4 is 10.6 Å². The summed E-state index contributed by atoms with van der Waals surface area (Å²) in [6.07, 6.45) is 2.44. The normalized spacial score (nSPS) is 18.2. The first kappa shape index (κ1) is 17.2. The van der Waals surface area contributed by atoms with Crippen molar-refractivity contribution in [1.29, 1.82) is 0 Å². The van der Waals surface area contributed by atoms with Gasteiger partial charge in [0.2, 0.25) is 0 Å². The number of guanidine groups is 1. The van der Waals surface area contributed by atoms with Crippen molar-refractivity contribution in [2.45, 2.75) is 19.4 Å². The van der Waals surface area contributed by atoms with E-state index >= 15 is 0 Å². The number of likely N-dealkylation sites (N-methyl/N-ethyl adjacent to an activating group) is 1. The third kappa shape index (κ3) is 6.34. The zero-order chi connectivity index (χ0) is 15.6. The highest BCUT2D eigenvalue weighted by Gasteiger charge is 2.11. The fourth-order valence-electron chi connectivity index (χ4n) is 2.63. The molecule has 0 radical (unpaired) electrons. The molecule has 1 aromatic heterocycles. The van der Waals surface area contributed by atoms with Gasteiger partial charge in [0.15, 0.2) is 5.96 Å². The van der Waals surface area contributed by atoms with Gasteiger partial charge in [0.05, 0.1) is 0 Å². The van der Waals surface area contributed by atoms with Crippen molar-refractivity contribution >= 4 is 17.3 Å². The molecule has 2 rings (SSSR count). The molecule has 1 saturated heterocycles. The third-order valence-corrected chi connectivity index (χ3v) is 4.75.